The lowest BCUT2D eigenvalue weighted by Crippen LogP contribution is -2.19. The summed E-state index contributed by atoms with van der Waals surface area (Å²) in [6.07, 6.45) is 5.69. The Labute approximate surface area is 82.6 Å². The van der Waals surface area contributed by atoms with Crippen LogP contribution < -0.4 is 5.32 Å². The van der Waals surface area contributed by atoms with Crippen molar-refractivity contribution in [1.82, 2.24) is 0 Å². The summed E-state index contributed by atoms with van der Waals surface area (Å²) in [4.78, 5) is 0. The van der Waals surface area contributed by atoms with E-state index in [9.17, 15) is 5.11 Å². The fourth-order valence-electron chi connectivity index (χ4n) is 2.19. The van der Waals surface area contributed by atoms with Gasteiger partial charge in [0.1, 0.15) is 5.76 Å². The fraction of sp³-hybridized carbons (Fsp3) is 0.167. The zero-order valence-corrected chi connectivity index (χ0v) is 7.64. The van der Waals surface area contributed by atoms with E-state index >= 15 is 0 Å². The molecular formula is C12H11NO. The number of para-hydroxylation sites is 1. The van der Waals surface area contributed by atoms with Gasteiger partial charge in [0, 0.05) is 11.6 Å². The van der Waals surface area contributed by atoms with E-state index in [0.717, 1.165) is 0 Å². The summed E-state index contributed by atoms with van der Waals surface area (Å²) in [5.74, 6) is 0.730. The molecule has 2 heteroatoms. The van der Waals surface area contributed by atoms with Crippen molar-refractivity contribution >= 4 is 5.69 Å². The van der Waals surface area contributed by atoms with Crippen LogP contribution in [0.1, 0.15) is 11.5 Å². The second-order valence-electron chi connectivity index (χ2n) is 3.73. The number of aliphatic hydroxyl groups excluding tert-OH is 1. The SMILES string of the molecule is OC1=CC2Nc3ccccc3C2C=C1. The minimum Gasteiger partial charge on any atom is -0.508 e. The molecule has 0 spiro atoms. The third-order valence-corrected chi connectivity index (χ3v) is 2.85. The van der Waals surface area contributed by atoms with Gasteiger partial charge in [0.25, 0.3) is 0 Å². The first-order valence-corrected chi connectivity index (χ1v) is 4.79. The summed E-state index contributed by atoms with van der Waals surface area (Å²) >= 11 is 0. The quantitative estimate of drug-likeness (QED) is 0.651. The van der Waals surface area contributed by atoms with Gasteiger partial charge in [-0.1, -0.05) is 24.3 Å². The lowest BCUT2D eigenvalue weighted by atomic mass is 9.91. The molecule has 2 N–H and O–H groups in total. The summed E-state index contributed by atoms with van der Waals surface area (Å²) < 4.78 is 0. The second kappa shape index (κ2) is 2.64. The first-order chi connectivity index (χ1) is 6.84. The van der Waals surface area contributed by atoms with E-state index in [4.69, 9.17) is 0 Å². The van der Waals surface area contributed by atoms with E-state index in [0.29, 0.717) is 11.7 Å². The van der Waals surface area contributed by atoms with E-state index in [1.807, 2.05) is 12.1 Å². The Bertz CT molecular complexity index is 434. The molecule has 2 nitrogen and oxygen atoms in total. The van der Waals surface area contributed by atoms with Gasteiger partial charge >= 0.3 is 0 Å². The van der Waals surface area contributed by atoms with Crippen LogP contribution in [0.5, 0.6) is 0 Å². The maximum atomic E-state index is 9.37. The molecule has 0 fully saturated rings. The maximum absolute atomic E-state index is 9.37. The number of fused-ring (bicyclic) bond motifs is 3. The minimum atomic E-state index is 0.220. The minimum absolute atomic E-state index is 0.220. The highest BCUT2D eigenvalue weighted by Crippen LogP contribution is 2.39. The topological polar surface area (TPSA) is 32.3 Å². The lowest BCUT2D eigenvalue weighted by Gasteiger charge is -2.16. The average Bonchev–Trinajstić information content (AvgIpc) is 2.54. The molecule has 2 atom stereocenters. The van der Waals surface area contributed by atoms with Gasteiger partial charge in [0.2, 0.25) is 0 Å². The number of allylic oxidation sites excluding steroid dienone is 1. The van der Waals surface area contributed by atoms with Gasteiger partial charge in [-0.25, -0.2) is 0 Å². The molecule has 1 aliphatic carbocycles. The third kappa shape index (κ3) is 0.970. The van der Waals surface area contributed by atoms with Crippen LogP contribution in [0, 0.1) is 0 Å². The van der Waals surface area contributed by atoms with Crippen molar-refractivity contribution in [1.29, 1.82) is 0 Å². The molecule has 2 aliphatic rings. The molecule has 1 aromatic carbocycles. The van der Waals surface area contributed by atoms with Crippen molar-refractivity contribution in [3.63, 3.8) is 0 Å². The zero-order valence-electron chi connectivity index (χ0n) is 7.64. The van der Waals surface area contributed by atoms with Gasteiger partial charge in [0.15, 0.2) is 0 Å². The van der Waals surface area contributed by atoms with Crippen molar-refractivity contribution in [2.24, 2.45) is 0 Å². The van der Waals surface area contributed by atoms with E-state index in [1.165, 1.54) is 11.3 Å². The van der Waals surface area contributed by atoms with Crippen LogP contribution in [-0.4, -0.2) is 11.1 Å². The molecule has 0 saturated carbocycles. The molecule has 0 amide bonds. The predicted octanol–water partition coefficient (Wildman–Crippen LogP) is 2.58. The highest BCUT2D eigenvalue weighted by atomic mass is 16.3. The number of hydrogen-bond acceptors (Lipinski definition) is 2. The number of nitrogens with one attached hydrogen (secondary N) is 1. The van der Waals surface area contributed by atoms with E-state index in [-0.39, 0.29) is 6.04 Å². The highest BCUT2D eigenvalue weighted by Gasteiger charge is 2.30. The van der Waals surface area contributed by atoms with Gasteiger partial charge in [-0.15, -0.1) is 0 Å². The molecule has 1 aliphatic heterocycles. The van der Waals surface area contributed by atoms with Crippen molar-refractivity contribution in [2.45, 2.75) is 12.0 Å². The summed E-state index contributed by atoms with van der Waals surface area (Å²) in [7, 11) is 0. The fourth-order valence-corrected chi connectivity index (χ4v) is 2.19. The molecule has 3 rings (SSSR count). The molecule has 1 aromatic rings. The number of rotatable bonds is 0. The van der Waals surface area contributed by atoms with Gasteiger partial charge in [-0.3, -0.25) is 0 Å². The second-order valence-corrected chi connectivity index (χ2v) is 3.73. The Morgan fingerprint density at radius 1 is 1.21 bits per heavy atom. The summed E-state index contributed by atoms with van der Waals surface area (Å²) in [5, 5.41) is 12.7. The predicted molar refractivity (Wildman–Crippen MR) is 56.4 cm³/mol. The molecule has 0 saturated heterocycles. The Kier molecular flexibility index (Phi) is 1.45. The van der Waals surface area contributed by atoms with Crippen molar-refractivity contribution in [2.75, 3.05) is 5.32 Å². The molecule has 0 aromatic heterocycles. The van der Waals surface area contributed by atoms with Crippen LogP contribution in [0.2, 0.25) is 0 Å². The average molecular weight is 185 g/mol. The Hall–Kier alpha value is -1.70. The van der Waals surface area contributed by atoms with Crippen LogP contribution in [0.4, 0.5) is 5.69 Å². The first-order valence-electron chi connectivity index (χ1n) is 4.79. The molecule has 70 valence electrons. The standard InChI is InChI=1S/C12H11NO/c14-8-5-6-10-9-3-1-2-4-11(9)13-12(10)7-8/h1-7,10,12-14H. The number of anilines is 1. The Balaban J connectivity index is 2.08. The van der Waals surface area contributed by atoms with Gasteiger partial charge in [-0.2, -0.15) is 0 Å². The van der Waals surface area contributed by atoms with Gasteiger partial charge < -0.3 is 10.4 Å². The molecule has 0 radical (unpaired) electrons. The van der Waals surface area contributed by atoms with Gasteiger partial charge in [-0.05, 0) is 23.8 Å². The molecule has 2 unspecified atom stereocenters. The number of hydrogen-bond donors (Lipinski definition) is 2. The van der Waals surface area contributed by atoms with Crippen LogP contribution >= 0.6 is 0 Å². The molecular weight excluding hydrogens is 174 g/mol. The summed E-state index contributed by atoms with van der Waals surface area (Å²) in [5.41, 5.74) is 2.50. The first kappa shape index (κ1) is 7.68. The summed E-state index contributed by atoms with van der Waals surface area (Å²) in [6.45, 7) is 0. The van der Waals surface area contributed by atoms with Crippen molar-refractivity contribution in [3.8, 4) is 0 Å². The van der Waals surface area contributed by atoms with Crippen LogP contribution in [0.25, 0.3) is 0 Å². The highest BCUT2D eigenvalue weighted by molar-refractivity contribution is 5.63. The summed E-state index contributed by atoms with van der Waals surface area (Å²) in [6, 6.07) is 8.50. The van der Waals surface area contributed by atoms with E-state index < -0.39 is 0 Å². The zero-order chi connectivity index (χ0) is 9.54. The van der Waals surface area contributed by atoms with Crippen LogP contribution in [-0.2, 0) is 0 Å². The largest absolute Gasteiger partial charge is 0.508 e. The molecule has 14 heavy (non-hydrogen) atoms. The monoisotopic (exact) mass is 185 g/mol. The van der Waals surface area contributed by atoms with E-state index in [2.05, 4.69) is 29.6 Å². The van der Waals surface area contributed by atoms with Crippen molar-refractivity contribution < 1.29 is 5.11 Å². The van der Waals surface area contributed by atoms with Gasteiger partial charge in [0.05, 0.1) is 6.04 Å². The lowest BCUT2D eigenvalue weighted by molar-refractivity contribution is 0.423. The molecule has 1 heterocycles. The van der Waals surface area contributed by atoms with E-state index in [1.54, 1.807) is 6.08 Å². The maximum Gasteiger partial charge on any atom is 0.113 e. The van der Waals surface area contributed by atoms with Crippen molar-refractivity contribution in [3.05, 3.63) is 53.8 Å². The smallest absolute Gasteiger partial charge is 0.113 e. The van der Waals surface area contributed by atoms with Crippen LogP contribution in [0.15, 0.2) is 48.3 Å². The third-order valence-electron chi connectivity index (χ3n) is 2.85. The Morgan fingerprint density at radius 2 is 2.07 bits per heavy atom. The normalized spacial score (nSPS) is 27.6. The van der Waals surface area contributed by atoms with Crippen LogP contribution in [0.3, 0.4) is 0 Å². The Morgan fingerprint density at radius 3 is 3.00 bits per heavy atom. The number of benzene rings is 1. The number of aliphatic hydroxyl groups is 1. The molecule has 0 bridgehead atoms.